The van der Waals surface area contributed by atoms with Crippen LogP contribution in [0.3, 0.4) is 0 Å². The third-order valence-electron chi connectivity index (χ3n) is 4.33. The Morgan fingerprint density at radius 2 is 2.04 bits per heavy atom. The van der Waals surface area contributed by atoms with Gasteiger partial charge in [-0.3, -0.25) is 4.79 Å². The van der Waals surface area contributed by atoms with Gasteiger partial charge in [0, 0.05) is 38.7 Å². The molecule has 0 radical (unpaired) electrons. The van der Waals surface area contributed by atoms with E-state index in [1.165, 1.54) is 0 Å². The summed E-state index contributed by atoms with van der Waals surface area (Å²) in [4.78, 5) is 16.5. The highest BCUT2D eigenvalue weighted by atomic mass is 16.5. The lowest BCUT2D eigenvalue weighted by Gasteiger charge is -2.34. The van der Waals surface area contributed by atoms with E-state index in [1.54, 1.807) is 7.11 Å². The van der Waals surface area contributed by atoms with E-state index in [4.69, 9.17) is 9.26 Å². The summed E-state index contributed by atoms with van der Waals surface area (Å²) in [6.07, 6.45) is 1.26. The molecule has 0 atom stereocenters. The van der Waals surface area contributed by atoms with E-state index in [0.29, 0.717) is 6.42 Å². The van der Waals surface area contributed by atoms with Crippen molar-refractivity contribution in [1.82, 2.24) is 10.1 Å². The summed E-state index contributed by atoms with van der Waals surface area (Å²) in [6, 6.07) is 9.81. The highest BCUT2D eigenvalue weighted by Crippen LogP contribution is 2.17. The first-order valence-electron chi connectivity index (χ1n) is 8.24. The van der Waals surface area contributed by atoms with Gasteiger partial charge in [-0.1, -0.05) is 17.3 Å². The van der Waals surface area contributed by atoms with Gasteiger partial charge in [-0.05, 0) is 31.0 Å². The van der Waals surface area contributed by atoms with Crippen LogP contribution < -0.4 is 9.64 Å². The number of aromatic nitrogens is 1. The molecule has 1 aliphatic rings. The summed E-state index contributed by atoms with van der Waals surface area (Å²) in [6.45, 7) is 4.91. The molecule has 0 N–H and O–H groups in total. The van der Waals surface area contributed by atoms with Crippen LogP contribution in [0.2, 0.25) is 0 Å². The molecular formula is C18H23N3O3. The molecular weight excluding hydrogens is 306 g/mol. The molecule has 1 fully saturated rings. The number of hydrogen-bond donors (Lipinski definition) is 0. The number of piperazine rings is 1. The molecule has 0 unspecified atom stereocenters. The quantitative estimate of drug-likeness (QED) is 0.842. The zero-order valence-corrected chi connectivity index (χ0v) is 14.2. The first kappa shape index (κ1) is 16.4. The van der Waals surface area contributed by atoms with Gasteiger partial charge in [0.25, 0.3) is 0 Å². The number of ether oxygens (including phenoxy) is 1. The van der Waals surface area contributed by atoms with Gasteiger partial charge in [-0.15, -0.1) is 0 Å². The van der Waals surface area contributed by atoms with E-state index in [2.05, 4.69) is 10.1 Å². The predicted octanol–water partition coefficient (Wildman–Crippen LogP) is 2.27. The largest absolute Gasteiger partial charge is 0.497 e. The highest BCUT2D eigenvalue weighted by Gasteiger charge is 2.22. The second kappa shape index (κ2) is 7.38. The topological polar surface area (TPSA) is 58.8 Å². The lowest BCUT2D eigenvalue weighted by atomic mass is 10.1. The van der Waals surface area contributed by atoms with Crippen LogP contribution in [0.1, 0.15) is 17.7 Å². The Hall–Kier alpha value is -2.50. The van der Waals surface area contributed by atoms with Crippen molar-refractivity contribution in [3.63, 3.8) is 0 Å². The van der Waals surface area contributed by atoms with Crippen LogP contribution in [0.15, 0.2) is 34.9 Å². The fourth-order valence-electron chi connectivity index (χ4n) is 2.92. The lowest BCUT2D eigenvalue weighted by Crippen LogP contribution is -2.49. The average molecular weight is 329 g/mol. The van der Waals surface area contributed by atoms with E-state index >= 15 is 0 Å². The van der Waals surface area contributed by atoms with Crippen LogP contribution in [0.25, 0.3) is 0 Å². The van der Waals surface area contributed by atoms with Crippen LogP contribution in [0.4, 0.5) is 5.82 Å². The Bertz CT molecular complexity index is 690. The number of hydrogen-bond acceptors (Lipinski definition) is 5. The maximum atomic E-state index is 12.4. The van der Waals surface area contributed by atoms with Gasteiger partial charge in [0.1, 0.15) is 11.5 Å². The molecule has 6 nitrogen and oxygen atoms in total. The molecule has 128 valence electrons. The smallest absolute Gasteiger partial charge is 0.223 e. The zero-order valence-electron chi connectivity index (χ0n) is 14.2. The number of aryl methyl sites for hydroxylation is 2. The van der Waals surface area contributed by atoms with Gasteiger partial charge in [-0.25, -0.2) is 0 Å². The standard InChI is InChI=1S/C18H23N3O3/c1-14-12-17(19-24-14)20-8-10-21(11-9-20)18(22)7-6-15-4-3-5-16(13-15)23-2/h3-5,12-13H,6-11H2,1-2H3. The number of methoxy groups -OCH3 is 1. The molecule has 1 amide bonds. The minimum Gasteiger partial charge on any atom is -0.497 e. The number of rotatable bonds is 5. The molecule has 2 heterocycles. The van der Waals surface area contributed by atoms with Gasteiger partial charge in [0.05, 0.1) is 7.11 Å². The summed E-state index contributed by atoms with van der Waals surface area (Å²) in [5.41, 5.74) is 1.12. The number of carbonyl (C=O) groups is 1. The van der Waals surface area contributed by atoms with Gasteiger partial charge in [-0.2, -0.15) is 0 Å². The SMILES string of the molecule is COc1cccc(CCC(=O)N2CCN(c3cc(C)on3)CC2)c1. The number of benzene rings is 1. The third-order valence-corrected chi connectivity index (χ3v) is 4.33. The second-order valence-corrected chi connectivity index (χ2v) is 6.02. The van der Waals surface area contributed by atoms with Crippen LogP contribution in [-0.4, -0.2) is 49.3 Å². The van der Waals surface area contributed by atoms with Crippen molar-refractivity contribution in [3.05, 3.63) is 41.7 Å². The summed E-state index contributed by atoms with van der Waals surface area (Å²) < 4.78 is 10.3. The van der Waals surface area contributed by atoms with Crippen molar-refractivity contribution in [3.8, 4) is 5.75 Å². The van der Waals surface area contributed by atoms with E-state index in [9.17, 15) is 4.79 Å². The van der Waals surface area contributed by atoms with E-state index in [-0.39, 0.29) is 5.91 Å². The molecule has 1 aromatic carbocycles. The predicted molar refractivity (Wildman–Crippen MR) is 91.3 cm³/mol. The fraction of sp³-hybridized carbons (Fsp3) is 0.444. The molecule has 1 aromatic heterocycles. The van der Waals surface area contributed by atoms with Crippen LogP contribution in [-0.2, 0) is 11.2 Å². The average Bonchev–Trinajstić information content (AvgIpc) is 3.06. The highest BCUT2D eigenvalue weighted by molar-refractivity contribution is 5.76. The minimum atomic E-state index is 0.203. The second-order valence-electron chi connectivity index (χ2n) is 6.02. The number of nitrogens with zero attached hydrogens (tertiary/aromatic N) is 3. The lowest BCUT2D eigenvalue weighted by molar-refractivity contribution is -0.131. The monoisotopic (exact) mass is 329 g/mol. The Morgan fingerprint density at radius 3 is 2.71 bits per heavy atom. The van der Waals surface area contributed by atoms with Gasteiger partial charge in [0.2, 0.25) is 5.91 Å². The number of anilines is 1. The maximum Gasteiger partial charge on any atom is 0.223 e. The summed E-state index contributed by atoms with van der Waals surface area (Å²) >= 11 is 0. The first-order chi connectivity index (χ1) is 11.7. The normalized spacial score (nSPS) is 14.8. The molecule has 0 spiro atoms. The van der Waals surface area contributed by atoms with E-state index < -0.39 is 0 Å². The Kier molecular flexibility index (Phi) is 5.03. The van der Waals surface area contributed by atoms with Gasteiger partial charge in [0.15, 0.2) is 5.82 Å². The fourth-order valence-corrected chi connectivity index (χ4v) is 2.92. The Morgan fingerprint density at radius 1 is 1.25 bits per heavy atom. The first-order valence-corrected chi connectivity index (χ1v) is 8.24. The van der Waals surface area contributed by atoms with Crippen molar-refractivity contribution in [2.24, 2.45) is 0 Å². The molecule has 2 aromatic rings. The van der Waals surface area contributed by atoms with E-state index in [0.717, 1.165) is 55.5 Å². The van der Waals surface area contributed by atoms with Gasteiger partial charge >= 0.3 is 0 Å². The van der Waals surface area contributed by atoms with Crippen molar-refractivity contribution in [2.45, 2.75) is 19.8 Å². The molecule has 0 saturated carbocycles. The number of carbonyl (C=O) groups excluding carboxylic acids is 1. The van der Waals surface area contributed by atoms with Crippen LogP contribution in [0.5, 0.6) is 5.75 Å². The summed E-state index contributed by atoms with van der Waals surface area (Å²) in [5.74, 6) is 2.70. The Labute approximate surface area is 142 Å². The minimum absolute atomic E-state index is 0.203. The number of amides is 1. The van der Waals surface area contributed by atoms with Crippen LogP contribution in [0, 0.1) is 6.92 Å². The Balaban J connectivity index is 1.48. The molecule has 1 saturated heterocycles. The maximum absolute atomic E-state index is 12.4. The van der Waals surface area contributed by atoms with Crippen molar-refractivity contribution < 1.29 is 14.1 Å². The molecule has 0 aliphatic carbocycles. The van der Waals surface area contributed by atoms with Crippen molar-refractivity contribution in [2.75, 3.05) is 38.2 Å². The molecule has 1 aliphatic heterocycles. The van der Waals surface area contributed by atoms with Crippen molar-refractivity contribution in [1.29, 1.82) is 0 Å². The van der Waals surface area contributed by atoms with E-state index in [1.807, 2.05) is 42.2 Å². The van der Waals surface area contributed by atoms with Crippen LogP contribution >= 0.6 is 0 Å². The molecule has 24 heavy (non-hydrogen) atoms. The molecule has 3 rings (SSSR count). The molecule has 6 heteroatoms. The zero-order chi connectivity index (χ0) is 16.9. The molecule has 0 bridgehead atoms. The summed E-state index contributed by atoms with van der Waals surface area (Å²) in [5, 5.41) is 4.04. The summed E-state index contributed by atoms with van der Waals surface area (Å²) in [7, 11) is 1.65. The van der Waals surface area contributed by atoms with Gasteiger partial charge < -0.3 is 19.1 Å². The third kappa shape index (κ3) is 3.88. The van der Waals surface area contributed by atoms with Crippen molar-refractivity contribution >= 4 is 11.7 Å².